The zero-order chi connectivity index (χ0) is 20.2. The fourth-order valence-corrected chi connectivity index (χ4v) is 2.48. The number of guanidine groups is 1. The van der Waals surface area contributed by atoms with Gasteiger partial charge in [0.25, 0.3) is 0 Å². The average Bonchev–Trinajstić information content (AvgIpc) is 2.69. The van der Waals surface area contributed by atoms with Gasteiger partial charge in [-0.25, -0.2) is 9.98 Å². The predicted molar refractivity (Wildman–Crippen MR) is 128 cm³/mol. The molecule has 0 aliphatic carbocycles. The minimum absolute atomic E-state index is 0. The number of ether oxygens (including phenoxy) is 1. The lowest BCUT2D eigenvalue weighted by atomic mass is 10.2. The Bertz CT molecular complexity index is 781. The van der Waals surface area contributed by atoms with Crippen LogP contribution in [-0.4, -0.2) is 36.5 Å². The fraction of sp³-hybridized carbons (Fsp3) is 0.381. The van der Waals surface area contributed by atoms with Gasteiger partial charge in [-0.2, -0.15) is 0 Å². The number of rotatable bonds is 9. The first kappa shape index (κ1) is 24.7. The molecule has 8 heteroatoms. The molecule has 1 aromatic carbocycles. The van der Waals surface area contributed by atoms with E-state index < -0.39 is 0 Å². The van der Waals surface area contributed by atoms with Crippen molar-refractivity contribution >= 4 is 41.7 Å². The van der Waals surface area contributed by atoms with Gasteiger partial charge in [-0.15, -0.1) is 24.0 Å². The number of halogens is 1. The summed E-state index contributed by atoms with van der Waals surface area (Å²) in [6.45, 7) is 8.23. The van der Waals surface area contributed by atoms with E-state index in [9.17, 15) is 4.79 Å². The van der Waals surface area contributed by atoms with E-state index in [0.29, 0.717) is 37.9 Å². The van der Waals surface area contributed by atoms with E-state index >= 15 is 0 Å². The average molecular weight is 511 g/mol. The van der Waals surface area contributed by atoms with Crippen molar-refractivity contribution in [2.75, 3.05) is 25.0 Å². The molecule has 0 saturated carbocycles. The number of nitrogens with zero attached hydrogens (tertiary/aromatic N) is 2. The second-order valence-corrected chi connectivity index (χ2v) is 6.18. The number of benzene rings is 1. The molecule has 0 radical (unpaired) electrons. The third-order valence-corrected chi connectivity index (χ3v) is 3.85. The van der Waals surface area contributed by atoms with Crippen molar-refractivity contribution in [3.63, 3.8) is 0 Å². The highest BCUT2D eigenvalue weighted by atomic mass is 127. The monoisotopic (exact) mass is 511 g/mol. The van der Waals surface area contributed by atoms with Crippen LogP contribution in [0.25, 0.3) is 0 Å². The molecule has 3 N–H and O–H groups in total. The number of amides is 1. The smallest absolute Gasteiger partial charge is 0.227 e. The lowest BCUT2D eigenvalue weighted by Crippen LogP contribution is -2.38. The van der Waals surface area contributed by atoms with Crippen molar-refractivity contribution in [2.45, 2.75) is 33.7 Å². The third kappa shape index (κ3) is 9.12. The summed E-state index contributed by atoms with van der Waals surface area (Å²) in [6.07, 6.45) is 2.04. The zero-order valence-corrected chi connectivity index (χ0v) is 19.5. The van der Waals surface area contributed by atoms with Gasteiger partial charge in [0, 0.05) is 31.3 Å². The van der Waals surface area contributed by atoms with Crippen LogP contribution >= 0.6 is 24.0 Å². The molecule has 0 aliphatic rings. The van der Waals surface area contributed by atoms with Crippen molar-refractivity contribution in [3.8, 4) is 5.75 Å². The highest BCUT2D eigenvalue weighted by molar-refractivity contribution is 14.0. The molecule has 7 nitrogen and oxygen atoms in total. The summed E-state index contributed by atoms with van der Waals surface area (Å²) < 4.78 is 5.64. The van der Waals surface area contributed by atoms with E-state index in [0.717, 1.165) is 23.4 Å². The van der Waals surface area contributed by atoms with Gasteiger partial charge in [0.1, 0.15) is 11.6 Å². The lowest BCUT2D eigenvalue weighted by Gasteiger charge is -2.12. The highest BCUT2D eigenvalue weighted by Gasteiger charge is 2.06. The SMILES string of the molecule is CCNC(=NCc1ccccc1OCC)NCCC(=O)Nc1ccc(C)cn1.I. The number of hydrogen-bond acceptors (Lipinski definition) is 4. The van der Waals surface area contributed by atoms with E-state index in [-0.39, 0.29) is 29.9 Å². The number of nitrogens with one attached hydrogen (secondary N) is 3. The molecule has 1 heterocycles. The first-order valence-corrected chi connectivity index (χ1v) is 9.57. The normalized spacial score (nSPS) is 10.7. The van der Waals surface area contributed by atoms with Crippen molar-refractivity contribution in [1.29, 1.82) is 0 Å². The van der Waals surface area contributed by atoms with Gasteiger partial charge in [-0.1, -0.05) is 24.3 Å². The third-order valence-electron chi connectivity index (χ3n) is 3.85. The van der Waals surface area contributed by atoms with Crippen molar-refractivity contribution in [1.82, 2.24) is 15.6 Å². The number of para-hydroxylation sites is 1. The molecule has 158 valence electrons. The molecule has 29 heavy (non-hydrogen) atoms. The number of carbonyl (C=O) groups excluding carboxylic acids is 1. The van der Waals surface area contributed by atoms with Gasteiger partial charge in [0.2, 0.25) is 5.91 Å². The molecule has 1 aromatic heterocycles. The molecular weight excluding hydrogens is 481 g/mol. The van der Waals surface area contributed by atoms with Crippen LogP contribution < -0.4 is 20.7 Å². The summed E-state index contributed by atoms with van der Waals surface area (Å²) in [6, 6.07) is 11.6. The topological polar surface area (TPSA) is 87.6 Å². The number of aliphatic imine (C=N–C) groups is 1. The van der Waals surface area contributed by atoms with E-state index in [1.165, 1.54) is 0 Å². The Hall–Kier alpha value is -2.36. The first-order valence-electron chi connectivity index (χ1n) is 9.57. The summed E-state index contributed by atoms with van der Waals surface area (Å²) in [5.74, 6) is 1.97. The number of hydrogen-bond donors (Lipinski definition) is 3. The maximum absolute atomic E-state index is 12.1. The molecule has 0 aliphatic heterocycles. The summed E-state index contributed by atoms with van der Waals surface area (Å²) in [4.78, 5) is 20.8. The van der Waals surface area contributed by atoms with Crippen LogP contribution in [-0.2, 0) is 11.3 Å². The largest absolute Gasteiger partial charge is 0.494 e. The zero-order valence-electron chi connectivity index (χ0n) is 17.2. The van der Waals surface area contributed by atoms with Crippen LogP contribution in [0.3, 0.4) is 0 Å². The van der Waals surface area contributed by atoms with Gasteiger partial charge in [-0.05, 0) is 38.5 Å². The molecule has 0 unspecified atom stereocenters. The summed E-state index contributed by atoms with van der Waals surface area (Å²) in [7, 11) is 0. The van der Waals surface area contributed by atoms with Crippen LogP contribution in [0.5, 0.6) is 5.75 Å². The lowest BCUT2D eigenvalue weighted by molar-refractivity contribution is -0.116. The molecule has 0 saturated heterocycles. The van der Waals surface area contributed by atoms with Crippen LogP contribution in [0.4, 0.5) is 5.82 Å². The molecule has 0 fully saturated rings. The number of carbonyl (C=O) groups is 1. The fourth-order valence-electron chi connectivity index (χ4n) is 2.48. The second-order valence-electron chi connectivity index (χ2n) is 6.18. The van der Waals surface area contributed by atoms with Gasteiger partial charge < -0.3 is 20.7 Å². The maximum Gasteiger partial charge on any atom is 0.227 e. The summed E-state index contributed by atoms with van der Waals surface area (Å²) in [5.41, 5.74) is 2.07. The molecule has 0 atom stereocenters. The van der Waals surface area contributed by atoms with Gasteiger partial charge in [-0.3, -0.25) is 4.79 Å². The quantitative estimate of drug-likeness (QED) is 0.273. The van der Waals surface area contributed by atoms with Crippen LogP contribution in [0, 0.1) is 6.92 Å². The van der Waals surface area contributed by atoms with Crippen LogP contribution in [0.15, 0.2) is 47.6 Å². The van der Waals surface area contributed by atoms with Gasteiger partial charge in [0.15, 0.2) is 5.96 Å². The van der Waals surface area contributed by atoms with Crippen LogP contribution in [0.1, 0.15) is 31.4 Å². The molecule has 2 rings (SSSR count). The van der Waals surface area contributed by atoms with Crippen molar-refractivity contribution in [2.24, 2.45) is 4.99 Å². The molecule has 0 spiro atoms. The molecule has 0 bridgehead atoms. The molecule has 2 aromatic rings. The van der Waals surface area contributed by atoms with Crippen molar-refractivity contribution in [3.05, 3.63) is 53.7 Å². The standard InChI is InChI=1S/C21H29N5O2.HI/c1-4-22-21(25-15-17-8-6-7-9-18(17)28-5-2)23-13-12-20(27)26-19-11-10-16(3)14-24-19;/h6-11,14H,4-5,12-13,15H2,1-3H3,(H2,22,23,25)(H,24,26,27);1H. The van der Waals surface area contributed by atoms with Gasteiger partial charge >= 0.3 is 0 Å². The van der Waals surface area contributed by atoms with Gasteiger partial charge in [0.05, 0.1) is 13.2 Å². The van der Waals surface area contributed by atoms with Crippen LogP contribution in [0.2, 0.25) is 0 Å². The summed E-state index contributed by atoms with van der Waals surface area (Å²) in [5, 5.41) is 9.16. The number of pyridine rings is 1. The Labute approximate surface area is 189 Å². The Balaban J connectivity index is 0.00000420. The highest BCUT2D eigenvalue weighted by Crippen LogP contribution is 2.18. The number of aromatic nitrogens is 1. The van der Waals surface area contributed by atoms with E-state index in [1.807, 2.05) is 51.1 Å². The minimum atomic E-state index is -0.0959. The Morgan fingerprint density at radius 3 is 2.62 bits per heavy atom. The Kier molecular flexibility index (Phi) is 11.7. The number of aryl methyl sites for hydroxylation is 1. The maximum atomic E-state index is 12.1. The van der Waals surface area contributed by atoms with E-state index in [2.05, 4.69) is 25.9 Å². The van der Waals surface area contributed by atoms with E-state index in [1.54, 1.807) is 12.3 Å². The molecule has 1 amide bonds. The van der Waals surface area contributed by atoms with Crippen molar-refractivity contribution < 1.29 is 9.53 Å². The molecular formula is C21H30IN5O2. The Morgan fingerprint density at radius 1 is 1.14 bits per heavy atom. The number of anilines is 1. The minimum Gasteiger partial charge on any atom is -0.494 e. The van der Waals surface area contributed by atoms with E-state index in [4.69, 9.17) is 4.74 Å². The Morgan fingerprint density at radius 2 is 1.93 bits per heavy atom. The summed E-state index contributed by atoms with van der Waals surface area (Å²) >= 11 is 0. The second kappa shape index (κ2) is 13.8. The predicted octanol–water partition coefficient (Wildman–Crippen LogP) is 3.49. The first-order chi connectivity index (χ1) is 13.6.